The highest BCUT2D eigenvalue weighted by molar-refractivity contribution is 5.81. The smallest absolute Gasteiger partial charge is 0.237 e. The van der Waals surface area contributed by atoms with Crippen LogP contribution in [-0.2, 0) is 11.8 Å². The van der Waals surface area contributed by atoms with Crippen molar-refractivity contribution >= 4 is 5.91 Å². The summed E-state index contributed by atoms with van der Waals surface area (Å²) in [4.78, 5) is 14.4. The van der Waals surface area contributed by atoms with Crippen LogP contribution in [0.1, 0.15) is 19.3 Å². The van der Waals surface area contributed by atoms with Crippen molar-refractivity contribution in [1.29, 1.82) is 0 Å². The third-order valence-corrected chi connectivity index (χ3v) is 4.62. The Morgan fingerprint density at radius 2 is 2.20 bits per heavy atom. The van der Waals surface area contributed by atoms with Crippen LogP contribution in [0.3, 0.4) is 0 Å². The highest BCUT2D eigenvalue weighted by Crippen LogP contribution is 2.23. The van der Waals surface area contributed by atoms with Gasteiger partial charge < -0.3 is 10.1 Å². The Hall–Kier alpha value is -2.34. The summed E-state index contributed by atoms with van der Waals surface area (Å²) >= 11 is 0. The van der Waals surface area contributed by atoms with Gasteiger partial charge in [0, 0.05) is 18.8 Å². The first-order valence-corrected chi connectivity index (χ1v) is 8.83. The molecule has 6 nitrogen and oxygen atoms in total. The Bertz CT molecular complexity index is 713. The minimum Gasteiger partial charge on any atom is -0.492 e. The second kappa shape index (κ2) is 8.16. The van der Waals surface area contributed by atoms with Gasteiger partial charge in [-0.1, -0.05) is 18.6 Å². The summed E-state index contributed by atoms with van der Waals surface area (Å²) in [6.07, 6.45) is 7.05. The van der Waals surface area contributed by atoms with Crippen molar-refractivity contribution in [2.45, 2.75) is 25.3 Å². The van der Waals surface area contributed by atoms with Crippen molar-refractivity contribution in [3.8, 4) is 16.9 Å². The van der Waals surface area contributed by atoms with Crippen molar-refractivity contribution in [2.24, 2.45) is 7.05 Å². The van der Waals surface area contributed by atoms with E-state index >= 15 is 0 Å². The molecule has 1 saturated heterocycles. The van der Waals surface area contributed by atoms with E-state index in [1.165, 1.54) is 6.42 Å². The largest absolute Gasteiger partial charge is 0.492 e. The molecule has 1 atom stereocenters. The maximum absolute atomic E-state index is 12.2. The van der Waals surface area contributed by atoms with Crippen molar-refractivity contribution in [2.75, 3.05) is 26.7 Å². The van der Waals surface area contributed by atoms with Crippen LogP contribution >= 0.6 is 0 Å². The third-order valence-electron chi connectivity index (χ3n) is 4.62. The first-order chi connectivity index (χ1) is 12.1. The summed E-state index contributed by atoms with van der Waals surface area (Å²) in [5, 5.41) is 7.18. The number of likely N-dealkylation sites (tertiary alicyclic amines) is 1. The van der Waals surface area contributed by atoms with Gasteiger partial charge in [-0.05, 0) is 44.1 Å². The fourth-order valence-electron chi connectivity index (χ4n) is 3.20. The van der Waals surface area contributed by atoms with Crippen LogP contribution in [0.15, 0.2) is 36.7 Å². The number of hydrogen-bond acceptors (Lipinski definition) is 4. The second-order valence-corrected chi connectivity index (χ2v) is 6.56. The number of hydrogen-bond donors (Lipinski definition) is 1. The molecule has 0 saturated carbocycles. The second-order valence-electron chi connectivity index (χ2n) is 6.56. The number of amides is 1. The van der Waals surface area contributed by atoms with E-state index < -0.39 is 0 Å². The van der Waals surface area contributed by atoms with Crippen molar-refractivity contribution < 1.29 is 9.53 Å². The maximum Gasteiger partial charge on any atom is 0.237 e. The molecular formula is C19H26N4O2. The number of likely N-dealkylation sites (N-methyl/N-ethyl adjacent to an activating group) is 1. The normalized spacial score (nSPS) is 18.1. The van der Waals surface area contributed by atoms with E-state index in [-0.39, 0.29) is 11.9 Å². The Labute approximate surface area is 148 Å². The minimum absolute atomic E-state index is 0.00246. The number of nitrogens with one attached hydrogen (secondary N) is 1. The zero-order valence-electron chi connectivity index (χ0n) is 14.9. The fraction of sp³-hybridized carbons (Fsp3) is 0.474. The first-order valence-electron chi connectivity index (χ1n) is 8.83. The summed E-state index contributed by atoms with van der Waals surface area (Å²) in [5.41, 5.74) is 2.13. The van der Waals surface area contributed by atoms with E-state index in [1.54, 1.807) is 4.68 Å². The summed E-state index contributed by atoms with van der Waals surface area (Å²) < 4.78 is 7.56. The van der Waals surface area contributed by atoms with Gasteiger partial charge in [0.2, 0.25) is 5.91 Å². The maximum atomic E-state index is 12.2. The highest BCUT2D eigenvalue weighted by Gasteiger charge is 2.25. The van der Waals surface area contributed by atoms with E-state index in [9.17, 15) is 4.79 Å². The molecule has 1 aromatic heterocycles. The van der Waals surface area contributed by atoms with Gasteiger partial charge in [0.1, 0.15) is 12.4 Å². The monoisotopic (exact) mass is 342 g/mol. The first kappa shape index (κ1) is 17.5. The molecule has 1 amide bonds. The fourth-order valence-corrected chi connectivity index (χ4v) is 3.20. The topological polar surface area (TPSA) is 59.4 Å². The van der Waals surface area contributed by atoms with Crippen LogP contribution < -0.4 is 10.1 Å². The van der Waals surface area contributed by atoms with Gasteiger partial charge in [-0.15, -0.1) is 0 Å². The van der Waals surface area contributed by atoms with Crippen LogP contribution in [0.25, 0.3) is 11.1 Å². The minimum atomic E-state index is 0.00246. The average molecular weight is 342 g/mol. The standard InChI is InChI=1S/C19H26N4O2/c1-22-10-4-3-8-18(22)19(24)20-9-11-25-17-7-5-6-15(12-17)16-13-21-23(2)14-16/h5-7,12-14,18H,3-4,8-11H2,1-2H3,(H,20,24)/t18-/m0/s1. The van der Waals surface area contributed by atoms with E-state index in [4.69, 9.17) is 4.74 Å². The van der Waals surface area contributed by atoms with Crippen LogP contribution in [-0.4, -0.2) is 53.4 Å². The lowest BCUT2D eigenvalue weighted by atomic mass is 10.0. The van der Waals surface area contributed by atoms with Crippen LogP contribution in [0.2, 0.25) is 0 Å². The van der Waals surface area contributed by atoms with E-state index in [1.807, 2.05) is 50.8 Å². The Balaban J connectivity index is 1.47. The third kappa shape index (κ3) is 4.60. The molecule has 2 heterocycles. The predicted octanol–water partition coefficient (Wildman–Crippen LogP) is 2.07. The molecule has 3 rings (SSSR count). The summed E-state index contributed by atoms with van der Waals surface area (Å²) in [6.45, 7) is 1.97. The lowest BCUT2D eigenvalue weighted by molar-refractivity contribution is -0.127. The number of piperidine rings is 1. The lowest BCUT2D eigenvalue weighted by Gasteiger charge is -2.31. The van der Waals surface area contributed by atoms with Gasteiger partial charge >= 0.3 is 0 Å². The van der Waals surface area contributed by atoms with Gasteiger partial charge in [-0.25, -0.2) is 0 Å². The molecule has 0 unspecified atom stereocenters. The highest BCUT2D eigenvalue weighted by atomic mass is 16.5. The van der Waals surface area contributed by atoms with Gasteiger partial charge in [-0.2, -0.15) is 5.10 Å². The number of rotatable bonds is 6. The molecule has 1 fully saturated rings. The van der Waals surface area contributed by atoms with Gasteiger partial charge in [0.25, 0.3) is 0 Å². The molecule has 1 aliphatic rings. The molecule has 1 aromatic carbocycles. The SMILES string of the molecule is CN1CCCC[C@H]1C(=O)NCCOc1cccc(-c2cnn(C)c2)c1. The van der Waals surface area contributed by atoms with Crippen LogP contribution in [0, 0.1) is 0 Å². The van der Waals surface area contributed by atoms with Crippen molar-refractivity contribution in [1.82, 2.24) is 20.0 Å². The van der Waals surface area contributed by atoms with Crippen LogP contribution in [0.4, 0.5) is 0 Å². The van der Waals surface area contributed by atoms with Gasteiger partial charge in [0.05, 0.1) is 18.8 Å². The zero-order chi connectivity index (χ0) is 17.6. The average Bonchev–Trinajstić information content (AvgIpc) is 3.06. The number of benzene rings is 1. The number of aromatic nitrogens is 2. The van der Waals surface area contributed by atoms with E-state index in [0.29, 0.717) is 13.2 Å². The molecule has 0 radical (unpaired) electrons. The van der Waals surface area contributed by atoms with Crippen molar-refractivity contribution in [3.05, 3.63) is 36.7 Å². The molecule has 0 spiro atoms. The molecule has 1 aliphatic heterocycles. The summed E-state index contributed by atoms with van der Waals surface area (Å²) in [5.74, 6) is 0.903. The summed E-state index contributed by atoms with van der Waals surface area (Å²) in [7, 11) is 3.92. The van der Waals surface area contributed by atoms with E-state index in [0.717, 1.165) is 36.3 Å². The lowest BCUT2D eigenvalue weighted by Crippen LogP contribution is -2.48. The Morgan fingerprint density at radius 3 is 2.96 bits per heavy atom. The molecule has 1 N–H and O–H groups in total. The number of carbonyl (C=O) groups is 1. The molecule has 0 bridgehead atoms. The molecule has 6 heteroatoms. The Morgan fingerprint density at radius 1 is 1.32 bits per heavy atom. The predicted molar refractivity (Wildman–Crippen MR) is 97.4 cm³/mol. The number of ether oxygens (including phenoxy) is 1. The number of carbonyl (C=O) groups excluding carboxylic acids is 1. The molecule has 134 valence electrons. The van der Waals surface area contributed by atoms with Gasteiger partial charge in [-0.3, -0.25) is 14.4 Å². The molecular weight excluding hydrogens is 316 g/mol. The molecule has 25 heavy (non-hydrogen) atoms. The Kier molecular flexibility index (Phi) is 5.71. The van der Waals surface area contributed by atoms with E-state index in [2.05, 4.69) is 15.3 Å². The number of nitrogens with zero attached hydrogens (tertiary/aromatic N) is 3. The molecule has 2 aromatic rings. The summed E-state index contributed by atoms with van der Waals surface area (Å²) in [6, 6.07) is 7.92. The molecule has 0 aliphatic carbocycles. The van der Waals surface area contributed by atoms with Crippen LogP contribution in [0.5, 0.6) is 5.75 Å². The van der Waals surface area contributed by atoms with Gasteiger partial charge in [0.15, 0.2) is 0 Å². The number of aryl methyl sites for hydroxylation is 1. The zero-order valence-corrected chi connectivity index (χ0v) is 14.9. The van der Waals surface area contributed by atoms with Crippen molar-refractivity contribution in [3.63, 3.8) is 0 Å². The quantitative estimate of drug-likeness (QED) is 0.817.